The van der Waals surface area contributed by atoms with Gasteiger partial charge in [-0.2, -0.15) is 0 Å². The van der Waals surface area contributed by atoms with E-state index in [2.05, 4.69) is 28.2 Å². The van der Waals surface area contributed by atoms with Gasteiger partial charge in [-0.15, -0.1) is 11.3 Å². The minimum absolute atomic E-state index is 0.480. The van der Waals surface area contributed by atoms with E-state index >= 15 is 0 Å². The normalized spacial score (nSPS) is 24.9. The number of likely N-dealkylation sites (N-methyl/N-ethyl adjacent to an activating group) is 2. The average molecular weight is 323 g/mol. The fourth-order valence-corrected chi connectivity index (χ4v) is 4.96. The van der Waals surface area contributed by atoms with Crippen LogP contribution in [0.5, 0.6) is 0 Å². The number of rotatable bonds is 4. The number of carboxylic acids is 1. The van der Waals surface area contributed by atoms with Crippen molar-refractivity contribution in [1.29, 1.82) is 0 Å². The van der Waals surface area contributed by atoms with Crippen molar-refractivity contribution in [3.8, 4) is 0 Å². The SMILES string of the molecule is CNC(C(=O)O)c1cc2c(s1)CCCC2N1CCN(C)CC1. The largest absolute Gasteiger partial charge is 0.480 e. The van der Waals surface area contributed by atoms with Crippen LogP contribution in [-0.4, -0.2) is 61.2 Å². The minimum atomic E-state index is -0.794. The average Bonchev–Trinajstić information content (AvgIpc) is 2.92. The van der Waals surface area contributed by atoms with Gasteiger partial charge in [0.05, 0.1) is 0 Å². The number of carboxylic acid groups (broad SMARTS) is 1. The van der Waals surface area contributed by atoms with Crippen molar-refractivity contribution in [1.82, 2.24) is 15.1 Å². The van der Waals surface area contributed by atoms with Crippen LogP contribution in [0.15, 0.2) is 6.07 Å². The van der Waals surface area contributed by atoms with E-state index in [9.17, 15) is 9.90 Å². The van der Waals surface area contributed by atoms with Gasteiger partial charge in [-0.05, 0) is 45.0 Å². The zero-order valence-electron chi connectivity index (χ0n) is 13.3. The second-order valence-corrected chi connectivity index (χ2v) is 7.50. The summed E-state index contributed by atoms with van der Waals surface area (Å²) >= 11 is 1.68. The molecule has 1 aromatic heterocycles. The van der Waals surface area contributed by atoms with Crippen LogP contribution < -0.4 is 5.32 Å². The lowest BCUT2D eigenvalue weighted by Gasteiger charge is -2.39. The van der Waals surface area contributed by atoms with Crippen LogP contribution in [0.25, 0.3) is 0 Å². The highest BCUT2D eigenvalue weighted by molar-refractivity contribution is 7.12. The Morgan fingerprint density at radius 1 is 1.41 bits per heavy atom. The molecule has 0 aromatic carbocycles. The third-order valence-electron chi connectivity index (χ3n) is 4.90. The maximum absolute atomic E-state index is 11.4. The summed E-state index contributed by atoms with van der Waals surface area (Å²) in [6.45, 7) is 4.47. The number of aliphatic carboxylic acids is 1. The molecule has 0 amide bonds. The smallest absolute Gasteiger partial charge is 0.326 e. The zero-order valence-corrected chi connectivity index (χ0v) is 14.2. The maximum Gasteiger partial charge on any atom is 0.326 e. The quantitative estimate of drug-likeness (QED) is 0.884. The monoisotopic (exact) mass is 323 g/mol. The number of aryl methyl sites for hydroxylation is 1. The molecule has 1 aliphatic carbocycles. The first-order valence-electron chi connectivity index (χ1n) is 8.05. The van der Waals surface area contributed by atoms with E-state index < -0.39 is 12.0 Å². The van der Waals surface area contributed by atoms with E-state index in [0.29, 0.717) is 6.04 Å². The van der Waals surface area contributed by atoms with Crippen LogP contribution in [0.4, 0.5) is 0 Å². The molecule has 1 aromatic rings. The van der Waals surface area contributed by atoms with Crippen molar-refractivity contribution in [3.63, 3.8) is 0 Å². The number of piperazine rings is 1. The van der Waals surface area contributed by atoms with Crippen LogP contribution in [0.1, 0.15) is 40.2 Å². The first kappa shape index (κ1) is 15.9. The van der Waals surface area contributed by atoms with Crippen LogP contribution in [-0.2, 0) is 11.2 Å². The number of nitrogens with zero attached hydrogens (tertiary/aromatic N) is 2. The minimum Gasteiger partial charge on any atom is -0.480 e. The second kappa shape index (κ2) is 6.66. The van der Waals surface area contributed by atoms with Gasteiger partial charge in [0.1, 0.15) is 6.04 Å². The van der Waals surface area contributed by atoms with Gasteiger partial charge in [0.2, 0.25) is 0 Å². The van der Waals surface area contributed by atoms with Crippen molar-refractivity contribution in [3.05, 3.63) is 21.4 Å². The highest BCUT2D eigenvalue weighted by Gasteiger charge is 2.31. The third kappa shape index (κ3) is 3.06. The Morgan fingerprint density at radius 3 is 2.77 bits per heavy atom. The summed E-state index contributed by atoms with van der Waals surface area (Å²) in [7, 11) is 3.89. The van der Waals surface area contributed by atoms with Gasteiger partial charge in [0.15, 0.2) is 0 Å². The van der Waals surface area contributed by atoms with Gasteiger partial charge in [0, 0.05) is 42.0 Å². The maximum atomic E-state index is 11.4. The fourth-order valence-electron chi connectivity index (χ4n) is 3.60. The molecule has 2 aliphatic rings. The zero-order chi connectivity index (χ0) is 15.7. The first-order chi connectivity index (χ1) is 10.6. The van der Waals surface area contributed by atoms with Crippen molar-refractivity contribution < 1.29 is 9.90 Å². The lowest BCUT2D eigenvalue weighted by atomic mass is 9.91. The van der Waals surface area contributed by atoms with Crippen molar-refractivity contribution in [2.24, 2.45) is 0 Å². The van der Waals surface area contributed by atoms with Gasteiger partial charge < -0.3 is 15.3 Å². The molecule has 3 rings (SSSR count). The van der Waals surface area contributed by atoms with Crippen LogP contribution in [0, 0.1) is 0 Å². The van der Waals surface area contributed by atoms with Crippen molar-refractivity contribution in [2.45, 2.75) is 31.3 Å². The summed E-state index contributed by atoms with van der Waals surface area (Å²) in [6.07, 6.45) is 3.51. The predicted octanol–water partition coefficient (Wildman–Crippen LogP) is 1.72. The third-order valence-corrected chi connectivity index (χ3v) is 6.18. The van der Waals surface area contributed by atoms with Crippen LogP contribution >= 0.6 is 11.3 Å². The Kier molecular flexibility index (Phi) is 4.82. The van der Waals surface area contributed by atoms with Crippen LogP contribution in [0.3, 0.4) is 0 Å². The fraction of sp³-hybridized carbons (Fsp3) is 0.688. The highest BCUT2D eigenvalue weighted by atomic mass is 32.1. The van der Waals surface area contributed by atoms with E-state index in [4.69, 9.17) is 0 Å². The molecule has 2 atom stereocenters. The standard InChI is InChI=1S/C16H25N3O2S/c1-17-15(16(20)21)14-10-11-12(4-3-5-13(11)22-14)19-8-6-18(2)7-9-19/h10,12,15,17H,3-9H2,1-2H3,(H,20,21). The number of carbonyl (C=O) groups is 1. The Bertz CT molecular complexity index is 537. The Labute approximate surface area is 135 Å². The molecule has 1 saturated heterocycles. The van der Waals surface area contributed by atoms with E-state index in [1.807, 2.05) is 0 Å². The highest BCUT2D eigenvalue weighted by Crippen LogP contribution is 2.41. The van der Waals surface area contributed by atoms with Crippen molar-refractivity contribution in [2.75, 3.05) is 40.3 Å². The van der Waals surface area contributed by atoms with E-state index in [-0.39, 0.29) is 0 Å². The van der Waals surface area contributed by atoms with Crippen molar-refractivity contribution >= 4 is 17.3 Å². The van der Waals surface area contributed by atoms with Gasteiger partial charge in [-0.25, -0.2) is 0 Å². The van der Waals surface area contributed by atoms with Gasteiger partial charge in [-0.1, -0.05) is 0 Å². The lowest BCUT2D eigenvalue weighted by Crippen LogP contribution is -2.46. The summed E-state index contributed by atoms with van der Waals surface area (Å²) in [4.78, 5) is 18.7. The molecule has 0 saturated carbocycles. The molecule has 0 spiro atoms. The molecule has 22 heavy (non-hydrogen) atoms. The topological polar surface area (TPSA) is 55.8 Å². The Morgan fingerprint density at radius 2 is 2.14 bits per heavy atom. The molecule has 5 nitrogen and oxygen atoms in total. The first-order valence-corrected chi connectivity index (χ1v) is 8.87. The molecule has 1 fully saturated rings. The predicted molar refractivity (Wildman–Crippen MR) is 88.5 cm³/mol. The number of nitrogens with one attached hydrogen (secondary N) is 1. The molecule has 0 radical (unpaired) electrons. The molecule has 6 heteroatoms. The summed E-state index contributed by atoms with van der Waals surface area (Å²) < 4.78 is 0. The van der Waals surface area contributed by atoms with E-state index in [1.165, 1.54) is 23.3 Å². The second-order valence-electron chi connectivity index (χ2n) is 6.33. The lowest BCUT2D eigenvalue weighted by molar-refractivity contribution is -0.139. The molecule has 1 aliphatic heterocycles. The molecule has 122 valence electrons. The molecular formula is C16H25N3O2S. The van der Waals surface area contributed by atoms with Gasteiger partial charge in [0.25, 0.3) is 0 Å². The molecule has 2 N–H and O–H groups in total. The number of thiophene rings is 1. The van der Waals surface area contributed by atoms with Gasteiger partial charge >= 0.3 is 5.97 Å². The molecule has 0 bridgehead atoms. The summed E-state index contributed by atoms with van der Waals surface area (Å²) in [5.74, 6) is -0.794. The molecule has 2 heterocycles. The summed E-state index contributed by atoms with van der Waals surface area (Å²) in [6, 6.07) is 2.05. The van der Waals surface area contributed by atoms with E-state index in [1.54, 1.807) is 18.4 Å². The Hall–Kier alpha value is -0.950. The van der Waals surface area contributed by atoms with Gasteiger partial charge in [-0.3, -0.25) is 9.69 Å². The Balaban J connectivity index is 1.83. The van der Waals surface area contributed by atoms with Crippen LogP contribution in [0.2, 0.25) is 0 Å². The molecule has 2 unspecified atom stereocenters. The number of hydrogen-bond acceptors (Lipinski definition) is 5. The summed E-state index contributed by atoms with van der Waals surface area (Å²) in [5.41, 5.74) is 1.39. The number of hydrogen-bond donors (Lipinski definition) is 2. The van der Waals surface area contributed by atoms with E-state index in [0.717, 1.165) is 37.5 Å². The molecular weight excluding hydrogens is 298 g/mol. The summed E-state index contributed by atoms with van der Waals surface area (Å²) in [5, 5.41) is 12.3. The number of fused-ring (bicyclic) bond motifs is 1.